The minimum absolute atomic E-state index is 0.0421. The largest absolute Gasteiger partial charge is 0.349 e. The molecule has 3 atom stereocenters. The molecule has 2 N–H and O–H groups in total. The summed E-state index contributed by atoms with van der Waals surface area (Å²) >= 11 is 0. The molecule has 2 aliphatic rings. The van der Waals surface area contributed by atoms with Crippen molar-refractivity contribution in [3.63, 3.8) is 0 Å². The van der Waals surface area contributed by atoms with Gasteiger partial charge in [-0.2, -0.15) is 5.26 Å². The third kappa shape index (κ3) is 4.92. The van der Waals surface area contributed by atoms with Crippen LogP contribution in [0.25, 0.3) is 0 Å². The van der Waals surface area contributed by atoms with Crippen LogP contribution >= 0.6 is 0 Å². The molecule has 0 radical (unpaired) electrons. The number of nitrogens with one attached hydrogen (secondary N) is 2. The average Bonchev–Trinajstić information content (AvgIpc) is 3.51. The van der Waals surface area contributed by atoms with E-state index >= 15 is 0 Å². The summed E-state index contributed by atoms with van der Waals surface area (Å²) in [4.78, 5) is 25.5. The summed E-state index contributed by atoms with van der Waals surface area (Å²) < 4.78 is 0. The van der Waals surface area contributed by atoms with E-state index < -0.39 is 6.04 Å². The van der Waals surface area contributed by atoms with E-state index in [0.717, 1.165) is 38.5 Å². The highest BCUT2D eigenvalue weighted by atomic mass is 16.2. The van der Waals surface area contributed by atoms with Crippen molar-refractivity contribution >= 4 is 11.8 Å². The molecule has 2 amide bonds. The van der Waals surface area contributed by atoms with Crippen molar-refractivity contribution in [1.29, 1.82) is 5.26 Å². The molecule has 1 aromatic rings. The van der Waals surface area contributed by atoms with Crippen LogP contribution < -0.4 is 10.6 Å². The van der Waals surface area contributed by atoms with Crippen LogP contribution in [0.1, 0.15) is 75.2 Å². The number of rotatable bonds is 5. The maximum absolute atomic E-state index is 12.8. The van der Waals surface area contributed by atoms with Gasteiger partial charge in [0.2, 0.25) is 5.91 Å². The van der Waals surface area contributed by atoms with Gasteiger partial charge >= 0.3 is 0 Å². The highest BCUT2D eigenvalue weighted by molar-refractivity contribution is 5.95. The van der Waals surface area contributed by atoms with Gasteiger partial charge in [0.1, 0.15) is 6.04 Å². The van der Waals surface area contributed by atoms with E-state index in [-0.39, 0.29) is 29.2 Å². The van der Waals surface area contributed by atoms with Gasteiger partial charge in [0, 0.05) is 11.6 Å². The number of hydrogen-bond acceptors (Lipinski definition) is 3. The van der Waals surface area contributed by atoms with Crippen molar-refractivity contribution in [2.45, 2.75) is 76.8 Å². The van der Waals surface area contributed by atoms with E-state index in [0.29, 0.717) is 11.5 Å². The summed E-state index contributed by atoms with van der Waals surface area (Å²) in [6.45, 7) is 6.43. The Morgan fingerprint density at radius 2 is 1.71 bits per heavy atom. The number of benzene rings is 1. The summed E-state index contributed by atoms with van der Waals surface area (Å²) in [6.07, 6.45) is 5.54. The Morgan fingerprint density at radius 1 is 1.07 bits per heavy atom. The van der Waals surface area contributed by atoms with Crippen LogP contribution in [0.3, 0.4) is 0 Å². The van der Waals surface area contributed by atoms with Gasteiger partial charge < -0.3 is 10.6 Å². The maximum atomic E-state index is 12.8. The van der Waals surface area contributed by atoms with E-state index in [9.17, 15) is 14.9 Å². The van der Waals surface area contributed by atoms with Crippen molar-refractivity contribution in [1.82, 2.24) is 10.6 Å². The van der Waals surface area contributed by atoms with E-state index in [1.54, 1.807) is 0 Å². The highest BCUT2D eigenvalue weighted by Gasteiger charge is 2.37. The first-order valence-electron chi connectivity index (χ1n) is 10.4. The summed E-state index contributed by atoms with van der Waals surface area (Å²) in [6, 6.07) is 9.34. The lowest BCUT2D eigenvalue weighted by Gasteiger charge is -2.32. The van der Waals surface area contributed by atoms with E-state index in [1.807, 2.05) is 24.3 Å². The SMILES string of the molecule is CC(C)(C)c1ccc(C(=O)NC2CCCCC2C(=O)NC(C#N)C2CC2)cc1. The predicted octanol–water partition coefficient (Wildman–Crippen LogP) is 3.69. The molecule has 0 bridgehead atoms. The van der Waals surface area contributed by atoms with Crippen LogP contribution in [0, 0.1) is 23.2 Å². The zero-order valence-electron chi connectivity index (χ0n) is 17.1. The molecule has 3 rings (SSSR count). The number of amides is 2. The first kappa shape index (κ1) is 20.4. The van der Waals surface area contributed by atoms with Crippen LogP contribution in [-0.2, 0) is 10.2 Å². The fourth-order valence-corrected chi connectivity index (χ4v) is 3.94. The molecular weight excluding hydrogens is 350 g/mol. The molecule has 1 aromatic carbocycles. The summed E-state index contributed by atoms with van der Waals surface area (Å²) in [5.41, 5.74) is 1.84. The van der Waals surface area contributed by atoms with Gasteiger partial charge in [-0.3, -0.25) is 9.59 Å². The lowest BCUT2D eigenvalue weighted by atomic mass is 9.83. The summed E-state index contributed by atoms with van der Waals surface area (Å²) in [5, 5.41) is 15.3. The minimum Gasteiger partial charge on any atom is -0.349 e. The first-order chi connectivity index (χ1) is 13.3. The van der Waals surface area contributed by atoms with Crippen molar-refractivity contribution in [2.75, 3.05) is 0 Å². The Labute approximate surface area is 167 Å². The Morgan fingerprint density at radius 3 is 2.29 bits per heavy atom. The molecular formula is C23H31N3O2. The molecule has 0 aliphatic heterocycles. The molecule has 28 heavy (non-hydrogen) atoms. The number of nitrogens with zero attached hydrogens (tertiary/aromatic N) is 1. The third-order valence-electron chi connectivity index (χ3n) is 5.96. The standard InChI is InChI=1S/C23H31N3O2/c1-23(2,3)17-12-10-16(11-13-17)21(27)25-19-7-5-4-6-18(19)22(28)26-20(14-24)15-8-9-15/h10-13,15,18-20H,4-9H2,1-3H3,(H,25,27)(H,26,28). The Hall–Kier alpha value is -2.35. The number of nitriles is 1. The zero-order chi connectivity index (χ0) is 20.3. The highest BCUT2D eigenvalue weighted by Crippen LogP contribution is 2.33. The minimum atomic E-state index is -0.393. The van der Waals surface area contributed by atoms with Gasteiger partial charge in [-0.05, 0) is 54.7 Å². The monoisotopic (exact) mass is 381 g/mol. The lowest BCUT2D eigenvalue weighted by molar-refractivity contribution is -0.127. The van der Waals surface area contributed by atoms with Crippen LogP contribution in [0.4, 0.5) is 0 Å². The van der Waals surface area contributed by atoms with Crippen LogP contribution in [-0.4, -0.2) is 23.9 Å². The fraction of sp³-hybridized carbons (Fsp3) is 0.609. The average molecular weight is 382 g/mol. The van der Waals surface area contributed by atoms with Gasteiger partial charge in [0.25, 0.3) is 5.91 Å². The molecule has 0 saturated heterocycles. The second-order valence-corrected chi connectivity index (χ2v) is 9.25. The van der Waals surface area contributed by atoms with E-state index in [4.69, 9.17) is 0 Å². The molecule has 150 valence electrons. The lowest BCUT2D eigenvalue weighted by Crippen LogP contribution is -2.50. The van der Waals surface area contributed by atoms with E-state index in [2.05, 4.69) is 37.5 Å². The number of carbonyl (C=O) groups excluding carboxylic acids is 2. The predicted molar refractivity (Wildman–Crippen MR) is 109 cm³/mol. The fourth-order valence-electron chi connectivity index (χ4n) is 3.94. The van der Waals surface area contributed by atoms with Crippen molar-refractivity contribution in [2.24, 2.45) is 11.8 Å². The molecule has 5 nitrogen and oxygen atoms in total. The topological polar surface area (TPSA) is 82.0 Å². The molecule has 2 fully saturated rings. The molecule has 0 spiro atoms. The van der Waals surface area contributed by atoms with Gasteiger partial charge in [-0.15, -0.1) is 0 Å². The summed E-state index contributed by atoms with van der Waals surface area (Å²) in [5.74, 6) is -0.191. The van der Waals surface area contributed by atoms with Crippen LogP contribution in [0.2, 0.25) is 0 Å². The van der Waals surface area contributed by atoms with Gasteiger partial charge in [0.15, 0.2) is 0 Å². The molecule has 5 heteroatoms. The van der Waals surface area contributed by atoms with Gasteiger partial charge in [-0.1, -0.05) is 45.7 Å². The second kappa shape index (κ2) is 8.34. The smallest absolute Gasteiger partial charge is 0.251 e. The third-order valence-corrected chi connectivity index (χ3v) is 5.96. The number of carbonyl (C=O) groups is 2. The van der Waals surface area contributed by atoms with Crippen molar-refractivity contribution in [3.8, 4) is 6.07 Å². The molecule has 2 saturated carbocycles. The number of hydrogen-bond donors (Lipinski definition) is 2. The Kier molecular flexibility index (Phi) is 6.07. The zero-order valence-corrected chi connectivity index (χ0v) is 17.1. The van der Waals surface area contributed by atoms with Gasteiger partial charge in [-0.25, -0.2) is 0 Å². The Bertz CT molecular complexity index is 754. The van der Waals surface area contributed by atoms with Gasteiger partial charge in [0.05, 0.1) is 12.0 Å². The second-order valence-electron chi connectivity index (χ2n) is 9.25. The molecule has 3 unspecified atom stereocenters. The maximum Gasteiger partial charge on any atom is 0.251 e. The van der Waals surface area contributed by atoms with Crippen LogP contribution in [0.5, 0.6) is 0 Å². The van der Waals surface area contributed by atoms with Crippen molar-refractivity contribution in [3.05, 3.63) is 35.4 Å². The molecule has 0 aromatic heterocycles. The van der Waals surface area contributed by atoms with E-state index in [1.165, 1.54) is 5.56 Å². The first-order valence-corrected chi connectivity index (χ1v) is 10.4. The normalized spacial score (nSPS) is 23.4. The Balaban J connectivity index is 1.64. The summed E-state index contributed by atoms with van der Waals surface area (Å²) in [7, 11) is 0. The quantitative estimate of drug-likeness (QED) is 0.816. The van der Waals surface area contributed by atoms with Crippen molar-refractivity contribution < 1.29 is 9.59 Å². The molecule has 2 aliphatic carbocycles. The van der Waals surface area contributed by atoms with Crippen LogP contribution in [0.15, 0.2) is 24.3 Å². The molecule has 0 heterocycles.